The van der Waals surface area contributed by atoms with Gasteiger partial charge in [-0.05, 0) is 30.7 Å². The molecule has 152 valence electrons. The van der Waals surface area contributed by atoms with E-state index in [1.807, 2.05) is 0 Å². The van der Waals surface area contributed by atoms with Crippen LogP contribution in [-0.4, -0.2) is 18.9 Å². The summed E-state index contributed by atoms with van der Waals surface area (Å²) < 4.78 is 19.9. The van der Waals surface area contributed by atoms with Crippen LogP contribution in [0.4, 0.5) is 4.39 Å². The Hall–Kier alpha value is -2.37. The van der Waals surface area contributed by atoms with Gasteiger partial charge in [0.1, 0.15) is 18.1 Å². The summed E-state index contributed by atoms with van der Waals surface area (Å²) in [5.74, 6) is 0.413. The van der Waals surface area contributed by atoms with E-state index >= 15 is 0 Å². The van der Waals surface area contributed by atoms with Gasteiger partial charge in [-0.2, -0.15) is 0 Å². The highest BCUT2D eigenvalue weighted by molar-refractivity contribution is 6.32. The maximum Gasteiger partial charge on any atom is 0.231 e. The van der Waals surface area contributed by atoms with Crippen molar-refractivity contribution < 1.29 is 23.9 Å². The number of Topliss-reactive ketones (excluding diaryl/α,β-unsaturated/α-hetero) is 1. The highest BCUT2D eigenvalue weighted by Gasteiger charge is 2.33. The number of quaternary nitrogens is 1. The first-order valence-electron chi connectivity index (χ1n) is 9.88. The van der Waals surface area contributed by atoms with E-state index < -0.39 is 5.82 Å². The Morgan fingerprint density at radius 2 is 1.97 bits per heavy atom. The second kappa shape index (κ2) is 7.81. The summed E-state index contributed by atoms with van der Waals surface area (Å²) in [4.78, 5) is 14.1. The number of fused-ring (bicyclic) bond motifs is 1. The first-order chi connectivity index (χ1) is 13.8. The molecule has 2 unspecified atom stereocenters. The maximum absolute atomic E-state index is 14.1. The zero-order valence-electron chi connectivity index (χ0n) is 16.4. The Bertz CT molecular complexity index is 974. The van der Waals surface area contributed by atoms with Crippen molar-refractivity contribution in [1.29, 1.82) is 0 Å². The van der Waals surface area contributed by atoms with Gasteiger partial charge in [-0.25, -0.2) is 4.39 Å². The molecule has 1 saturated heterocycles. The number of allylic oxidation sites excluding steroid dienone is 1. The second-order valence-corrected chi connectivity index (χ2v) is 8.68. The van der Waals surface area contributed by atoms with Crippen LogP contribution in [0.5, 0.6) is 11.5 Å². The number of benzene rings is 2. The molecular formula is C23H23ClFNO3. The molecule has 2 aliphatic rings. The lowest BCUT2D eigenvalue weighted by molar-refractivity contribution is -0.925. The van der Waals surface area contributed by atoms with Crippen LogP contribution in [0.2, 0.25) is 5.02 Å². The Kier molecular flexibility index (Phi) is 5.36. The molecule has 0 bridgehead atoms. The van der Waals surface area contributed by atoms with Crippen LogP contribution >= 0.6 is 11.6 Å². The number of piperidine rings is 1. The smallest absolute Gasteiger partial charge is 0.231 e. The summed E-state index contributed by atoms with van der Waals surface area (Å²) in [6.45, 7) is 6.92. The van der Waals surface area contributed by atoms with Gasteiger partial charge >= 0.3 is 0 Å². The van der Waals surface area contributed by atoms with Crippen LogP contribution in [0.1, 0.15) is 41.8 Å². The van der Waals surface area contributed by atoms with Crippen molar-refractivity contribution >= 4 is 23.5 Å². The summed E-state index contributed by atoms with van der Waals surface area (Å²) in [5, 5.41) is 12.8. The number of carbonyl (C=O) groups excluding carboxylic acids is 1. The number of carbonyl (C=O) groups is 1. The number of hydrogen-bond donors (Lipinski definition) is 1. The number of hydrogen-bond acceptors (Lipinski definition) is 3. The molecule has 29 heavy (non-hydrogen) atoms. The summed E-state index contributed by atoms with van der Waals surface area (Å²) in [6, 6.07) is 7.23. The Labute approximate surface area is 174 Å². The first-order valence-corrected chi connectivity index (χ1v) is 10.3. The molecule has 0 amide bonds. The van der Waals surface area contributed by atoms with E-state index in [1.54, 1.807) is 6.07 Å². The molecule has 0 aromatic heterocycles. The van der Waals surface area contributed by atoms with Crippen LogP contribution in [0.3, 0.4) is 0 Å². The molecule has 0 aliphatic carbocycles. The molecule has 2 atom stereocenters. The molecule has 0 saturated carbocycles. The summed E-state index contributed by atoms with van der Waals surface area (Å²) >= 11 is 6.07. The van der Waals surface area contributed by atoms with Crippen molar-refractivity contribution in [2.75, 3.05) is 13.1 Å². The van der Waals surface area contributed by atoms with Gasteiger partial charge in [0.05, 0.1) is 23.7 Å². The minimum Gasteiger partial charge on any atom is -0.872 e. The van der Waals surface area contributed by atoms with Gasteiger partial charge in [-0.15, -0.1) is 0 Å². The normalized spacial score (nSPS) is 25.2. The Morgan fingerprint density at radius 1 is 1.24 bits per heavy atom. The van der Waals surface area contributed by atoms with E-state index in [9.17, 15) is 14.3 Å². The average Bonchev–Trinajstić information content (AvgIpc) is 2.96. The van der Waals surface area contributed by atoms with Crippen molar-refractivity contribution in [3.8, 4) is 11.5 Å². The number of ether oxygens (including phenoxy) is 1. The SMILES string of the molecule is CC1CC(C)C[NH+](Cc2c([O-])ccc3c2O/C(=C\c2c(F)cccc2Cl)C3=O)C1. The van der Waals surface area contributed by atoms with Crippen LogP contribution < -0.4 is 14.7 Å². The molecule has 4 rings (SSSR count). The van der Waals surface area contributed by atoms with Gasteiger partial charge in [0.2, 0.25) is 5.78 Å². The molecule has 2 aliphatic heterocycles. The molecular weight excluding hydrogens is 393 g/mol. The summed E-state index contributed by atoms with van der Waals surface area (Å²) in [5.41, 5.74) is 0.949. The lowest BCUT2D eigenvalue weighted by Gasteiger charge is -2.33. The predicted molar refractivity (Wildman–Crippen MR) is 108 cm³/mol. The third-order valence-electron chi connectivity index (χ3n) is 5.68. The lowest BCUT2D eigenvalue weighted by Crippen LogP contribution is -3.13. The molecule has 1 fully saturated rings. The molecule has 4 nitrogen and oxygen atoms in total. The predicted octanol–water partition coefficient (Wildman–Crippen LogP) is 3.23. The fourth-order valence-electron chi connectivity index (χ4n) is 4.55. The summed E-state index contributed by atoms with van der Waals surface area (Å²) in [7, 11) is 0. The number of rotatable bonds is 3. The molecule has 2 aromatic rings. The van der Waals surface area contributed by atoms with E-state index in [-0.39, 0.29) is 27.9 Å². The standard InChI is InChI=1S/C23H23ClFNO3/c1-13-8-14(2)11-26(10-13)12-17-20(27)7-6-15-22(28)21(29-23(15)17)9-16-18(24)4-3-5-19(16)25/h3-7,9,13-14,27H,8,10-12H2,1-2H3/b21-9-. The van der Waals surface area contributed by atoms with E-state index in [2.05, 4.69) is 13.8 Å². The second-order valence-electron chi connectivity index (χ2n) is 8.28. The quantitative estimate of drug-likeness (QED) is 0.783. The zero-order chi connectivity index (χ0) is 20.7. The van der Waals surface area contributed by atoms with Crippen molar-refractivity contribution in [3.05, 3.63) is 63.6 Å². The van der Waals surface area contributed by atoms with Gasteiger partial charge in [0, 0.05) is 23.0 Å². The number of ketones is 1. The molecule has 0 spiro atoms. The van der Waals surface area contributed by atoms with Crippen LogP contribution in [0.15, 0.2) is 36.1 Å². The molecule has 0 radical (unpaired) electrons. The number of halogens is 2. The van der Waals surface area contributed by atoms with E-state index in [1.165, 1.54) is 41.7 Å². The van der Waals surface area contributed by atoms with E-state index in [4.69, 9.17) is 16.3 Å². The Morgan fingerprint density at radius 3 is 2.66 bits per heavy atom. The Balaban J connectivity index is 1.67. The maximum atomic E-state index is 14.1. The fraction of sp³-hybridized carbons (Fsp3) is 0.348. The van der Waals surface area contributed by atoms with Crippen molar-refractivity contribution in [2.24, 2.45) is 11.8 Å². The van der Waals surface area contributed by atoms with Crippen LogP contribution in [0.25, 0.3) is 6.08 Å². The number of nitrogens with one attached hydrogen (secondary N) is 1. The monoisotopic (exact) mass is 415 g/mol. The first kappa shape index (κ1) is 19.9. The van der Waals surface area contributed by atoms with Gasteiger partial charge < -0.3 is 14.7 Å². The third kappa shape index (κ3) is 3.89. The fourth-order valence-corrected chi connectivity index (χ4v) is 4.77. The minimum absolute atomic E-state index is 0.0192. The summed E-state index contributed by atoms with van der Waals surface area (Å²) in [6.07, 6.45) is 2.50. The topological polar surface area (TPSA) is 53.8 Å². The lowest BCUT2D eigenvalue weighted by atomic mass is 9.91. The van der Waals surface area contributed by atoms with Crippen molar-refractivity contribution in [3.63, 3.8) is 0 Å². The van der Waals surface area contributed by atoms with Crippen LogP contribution in [-0.2, 0) is 6.54 Å². The molecule has 2 heterocycles. The molecule has 2 aromatic carbocycles. The van der Waals surface area contributed by atoms with E-state index in [0.29, 0.717) is 35.3 Å². The van der Waals surface area contributed by atoms with Crippen molar-refractivity contribution in [1.82, 2.24) is 0 Å². The number of likely N-dealkylation sites (tertiary alicyclic amines) is 1. The van der Waals surface area contributed by atoms with Gasteiger partial charge in [0.25, 0.3) is 0 Å². The van der Waals surface area contributed by atoms with Crippen molar-refractivity contribution in [2.45, 2.75) is 26.8 Å². The largest absolute Gasteiger partial charge is 0.872 e. The average molecular weight is 416 g/mol. The van der Waals surface area contributed by atoms with Gasteiger partial charge in [-0.3, -0.25) is 4.79 Å². The van der Waals surface area contributed by atoms with Crippen LogP contribution in [0, 0.1) is 17.7 Å². The highest BCUT2D eigenvalue weighted by Crippen LogP contribution is 2.39. The highest BCUT2D eigenvalue weighted by atomic mass is 35.5. The zero-order valence-corrected chi connectivity index (χ0v) is 17.2. The van der Waals surface area contributed by atoms with Gasteiger partial charge in [-0.1, -0.05) is 43.3 Å². The molecule has 1 N–H and O–H groups in total. The minimum atomic E-state index is -0.539. The van der Waals surface area contributed by atoms with Gasteiger partial charge in [0.15, 0.2) is 5.76 Å². The third-order valence-corrected chi connectivity index (χ3v) is 6.01. The molecule has 6 heteroatoms. The van der Waals surface area contributed by atoms with E-state index in [0.717, 1.165) is 13.1 Å².